The monoisotopic (exact) mass is 380 g/mol. The topological polar surface area (TPSA) is 75.7 Å². The third-order valence-corrected chi connectivity index (χ3v) is 4.05. The summed E-state index contributed by atoms with van der Waals surface area (Å²) in [6.45, 7) is 10.7. The van der Waals surface area contributed by atoms with Crippen molar-refractivity contribution >= 4 is 17.8 Å². The predicted molar refractivity (Wildman–Crippen MR) is 101 cm³/mol. The van der Waals surface area contributed by atoms with Crippen LogP contribution in [0.5, 0.6) is 0 Å². The maximum absolute atomic E-state index is 13.0. The van der Waals surface area contributed by atoms with E-state index in [9.17, 15) is 18.8 Å². The van der Waals surface area contributed by atoms with Crippen molar-refractivity contribution < 1.29 is 23.5 Å². The highest BCUT2D eigenvalue weighted by Gasteiger charge is 2.28. The summed E-state index contributed by atoms with van der Waals surface area (Å²) in [5, 5.41) is 2.59. The molecule has 0 bridgehead atoms. The van der Waals surface area contributed by atoms with Crippen LogP contribution < -0.4 is 5.32 Å². The molecule has 1 N–H and O–H groups in total. The molecule has 0 aliphatic carbocycles. The van der Waals surface area contributed by atoms with Crippen molar-refractivity contribution in [1.82, 2.24) is 10.2 Å². The number of nitrogens with one attached hydrogen (secondary N) is 1. The highest BCUT2D eigenvalue weighted by atomic mass is 19.1. The second-order valence-electron chi connectivity index (χ2n) is 7.30. The Morgan fingerprint density at radius 3 is 1.96 bits per heavy atom. The van der Waals surface area contributed by atoms with Crippen molar-refractivity contribution in [2.24, 2.45) is 5.92 Å². The number of rotatable bonds is 8. The predicted octanol–water partition coefficient (Wildman–Crippen LogP) is 2.77. The second kappa shape index (κ2) is 10.0. The summed E-state index contributed by atoms with van der Waals surface area (Å²) in [6.07, 6.45) is 0. The van der Waals surface area contributed by atoms with Gasteiger partial charge in [0.05, 0.1) is 0 Å². The van der Waals surface area contributed by atoms with E-state index in [1.807, 2.05) is 27.7 Å². The molecule has 27 heavy (non-hydrogen) atoms. The molecule has 0 aromatic heterocycles. The summed E-state index contributed by atoms with van der Waals surface area (Å²) < 4.78 is 18.1. The molecule has 0 radical (unpaired) electrons. The van der Waals surface area contributed by atoms with Crippen LogP contribution in [0, 0.1) is 11.7 Å². The van der Waals surface area contributed by atoms with Gasteiger partial charge in [-0.3, -0.25) is 9.59 Å². The zero-order valence-corrected chi connectivity index (χ0v) is 16.8. The van der Waals surface area contributed by atoms with Gasteiger partial charge in [-0.15, -0.1) is 0 Å². The van der Waals surface area contributed by atoms with Crippen molar-refractivity contribution in [1.29, 1.82) is 0 Å². The van der Waals surface area contributed by atoms with E-state index in [-0.39, 0.29) is 36.1 Å². The first-order valence-electron chi connectivity index (χ1n) is 9.08. The van der Waals surface area contributed by atoms with E-state index in [1.165, 1.54) is 24.3 Å². The van der Waals surface area contributed by atoms with Gasteiger partial charge < -0.3 is 15.0 Å². The number of amides is 2. The van der Waals surface area contributed by atoms with E-state index in [2.05, 4.69) is 5.32 Å². The normalized spacial score (nSPS) is 12.2. The SMILES string of the molecule is CC(C)[C@H](NC(=O)c1ccc(F)cc1)C(=O)OCC(=O)N(C(C)C)C(C)C. The van der Waals surface area contributed by atoms with Crippen LogP contribution >= 0.6 is 0 Å². The highest BCUT2D eigenvalue weighted by molar-refractivity contribution is 5.97. The van der Waals surface area contributed by atoms with Crippen molar-refractivity contribution in [3.05, 3.63) is 35.6 Å². The smallest absolute Gasteiger partial charge is 0.329 e. The Balaban J connectivity index is 2.74. The van der Waals surface area contributed by atoms with Gasteiger partial charge in [-0.25, -0.2) is 9.18 Å². The molecule has 1 aromatic rings. The molecule has 2 amide bonds. The molecule has 0 aliphatic rings. The Labute approximate surface area is 160 Å². The Morgan fingerprint density at radius 1 is 1.00 bits per heavy atom. The highest BCUT2D eigenvalue weighted by Crippen LogP contribution is 2.10. The molecule has 0 fully saturated rings. The van der Waals surface area contributed by atoms with Crippen LogP contribution in [0.4, 0.5) is 4.39 Å². The van der Waals surface area contributed by atoms with E-state index >= 15 is 0 Å². The van der Waals surface area contributed by atoms with Crippen molar-refractivity contribution in [3.63, 3.8) is 0 Å². The Hall–Kier alpha value is -2.44. The molecule has 0 unspecified atom stereocenters. The van der Waals surface area contributed by atoms with Crippen LogP contribution in [-0.4, -0.2) is 47.4 Å². The molecule has 0 heterocycles. The average molecular weight is 380 g/mol. The summed E-state index contributed by atoms with van der Waals surface area (Å²) in [5.74, 6) is -2.18. The Kier molecular flexibility index (Phi) is 8.40. The van der Waals surface area contributed by atoms with E-state index in [1.54, 1.807) is 18.7 Å². The lowest BCUT2D eigenvalue weighted by atomic mass is 10.0. The van der Waals surface area contributed by atoms with Gasteiger partial charge in [0, 0.05) is 17.6 Å². The van der Waals surface area contributed by atoms with Gasteiger partial charge in [-0.05, 0) is 57.9 Å². The lowest BCUT2D eigenvalue weighted by Crippen LogP contribution is -2.48. The van der Waals surface area contributed by atoms with Gasteiger partial charge in [0.15, 0.2) is 6.61 Å². The van der Waals surface area contributed by atoms with Gasteiger partial charge in [-0.1, -0.05) is 13.8 Å². The second-order valence-corrected chi connectivity index (χ2v) is 7.30. The van der Waals surface area contributed by atoms with Gasteiger partial charge in [0.25, 0.3) is 11.8 Å². The molecule has 0 aliphatic heterocycles. The fraction of sp³-hybridized carbons (Fsp3) is 0.550. The fourth-order valence-corrected chi connectivity index (χ4v) is 2.79. The summed E-state index contributed by atoms with van der Waals surface area (Å²) in [6, 6.07) is 4.05. The first-order valence-corrected chi connectivity index (χ1v) is 9.08. The molecule has 6 nitrogen and oxygen atoms in total. The van der Waals surface area contributed by atoms with Crippen LogP contribution in [0.3, 0.4) is 0 Å². The molecule has 1 atom stereocenters. The van der Waals surface area contributed by atoms with Gasteiger partial charge in [0.2, 0.25) is 0 Å². The number of carbonyl (C=O) groups is 3. The van der Waals surface area contributed by atoms with E-state index in [4.69, 9.17) is 4.74 Å². The minimum Gasteiger partial charge on any atom is -0.454 e. The van der Waals surface area contributed by atoms with Crippen molar-refractivity contribution in [2.75, 3.05) is 6.61 Å². The first kappa shape index (κ1) is 22.6. The summed E-state index contributed by atoms with van der Waals surface area (Å²) >= 11 is 0. The standard InChI is InChI=1S/C20H29FN2O4/c1-12(2)18(22-19(25)15-7-9-16(21)10-8-15)20(26)27-11-17(24)23(13(3)4)14(5)6/h7-10,12-14,18H,11H2,1-6H3,(H,22,25)/t18-/m0/s1. The van der Waals surface area contributed by atoms with E-state index in [0.29, 0.717) is 0 Å². The summed E-state index contributed by atoms with van der Waals surface area (Å²) in [4.78, 5) is 38.6. The maximum Gasteiger partial charge on any atom is 0.329 e. The number of halogens is 1. The average Bonchev–Trinajstić information content (AvgIpc) is 2.57. The Bertz CT molecular complexity index is 648. The van der Waals surface area contributed by atoms with E-state index < -0.39 is 23.7 Å². The lowest BCUT2D eigenvalue weighted by molar-refractivity contribution is -0.155. The molecule has 0 saturated carbocycles. The third kappa shape index (κ3) is 6.66. The van der Waals surface area contributed by atoms with Gasteiger partial charge >= 0.3 is 5.97 Å². The molecular formula is C20H29FN2O4. The summed E-state index contributed by atoms with van der Waals surface area (Å²) in [7, 11) is 0. The molecular weight excluding hydrogens is 351 g/mol. The number of hydrogen-bond acceptors (Lipinski definition) is 4. The number of esters is 1. The number of nitrogens with zero attached hydrogens (tertiary/aromatic N) is 1. The maximum atomic E-state index is 13.0. The minimum atomic E-state index is -0.915. The van der Waals surface area contributed by atoms with E-state index in [0.717, 1.165) is 0 Å². The molecule has 0 spiro atoms. The lowest BCUT2D eigenvalue weighted by Gasteiger charge is -2.30. The van der Waals surface area contributed by atoms with Crippen LogP contribution in [0.1, 0.15) is 51.9 Å². The number of benzene rings is 1. The number of ether oxygens (including phenoxy) is 1. The largest absolute Gasteiger partial charge is 0.454 e. The zero-order chi connectivity index (χ0) is 20.7. The molecule has 7 heteroatoms. The van der Waals surface area contributed by atoms with Crippen LogP contribution in [0.25, 0.3) is 0 Å². The van der Waals surface area contributed by atoms with Crippen LogP contribution in [0.2, 0.25) is 0 Å². The van der Waals surface area contributed by atoms with Crippen LogP contribution in [0.15, 0.2) is 24.3 Å². The van der Waals surface area contributed by atoms with Gasteiger partial charge in [-0.2, -0.15) is 0 Å². The van der Waals surface area contributed by atoms with Gasteiger partial charge in [0.1, 0.15) is 11.9 Å². The first-order chi connectivity index (χ1) is 12.5. The fourth-order valence-electron chi connectivity index (χ4n) is 2.79. The number of hydrogen-bond donors (Lipinski definition) is 1. The number of carbonyl (C=O) groups excluding carboxylic acids is 3. The quantitative estimate of drug-likeness (QED) is 0.704. The molecule has 1 aromatic carbocycles. The van der Waals surface area contributed by atoms with Crippen LogP contribution in [-0.2, 0) is 14.3 Å². The molecule has 1 rings (SSSR count). The molecule has 0 saturated heterocycles. The molecule has 150 valence electrons. The summed E-state index contributed by atoms with van der Waals surface area (Å²) in [5.41, 5.74) is 0.233. The zero-order valence-electron chi connectivity index (χ0n) is 16.8. The van der Waals surface area contributed by atoms with Crippen molar-refractivity contribution in [2.45, 2.75) is 59.7 Å². The van der Waals surface area contributed by atoms with Crippen molar-refractivity contribution in [3.8, 4) is 0 Å². The third-order valence-electron chi connectivity index (χ3n) is 4.05. The minimum absolute atomic E-state index is 0.0183. The Morgan fingerprint density at radius 2 is 1.52 bits per heavy atom.